The lowest BCUT2D eigenvalue weighted by Crippen LogP contribution is -1.95. The molecule has 1 N–H and O–H groups in total. The van der Waals surface area contributed by atoms with Gasteiger partial charge in [0.25, 0.3) is 0 Å². The summed E-state index contributed by atoms with van der Waals surface area (Å²) in [6.07, 6.45) is 0. The Morgan fingerprint density at radius 2 is 1.91 bits per heavy atom. The van der Waals surface area contributed by atoms with E-state index >= 15 is 0 Å². The van der Waals surface area contributed by atoms with E-state index in [2.05, 4.69) is 0 Å². The van der Waals surface area contributed by atoms with Gasteiger partial charge in [-0.15, -0.1) is 11.6 Å². The van der Waals surface area contributed by atoms with Crippen molar-refractivity contribution in [1.29, 1.82) is 0 Å². The minimum Gasteiger partial charge on any atom is -0.394 e. The molecule has 11 heavy (non-hydrogen) atoms. The molecule has 0 bridgehead atoms. The molecule has 1 unspecified atom stereocenters. The largest absolute Gasteiger partial charge is 0.394 e. The van der Waals surface area contributed by atoms with Crippen LogP contribution in [0.15, 0.2) is 24.3 Å². The van der Waals surface area contributed by atoms with E-state index in [4.69, 9.17) is 16.7 Å². The number of aliphatic hydroxyl groups excluding tert-OH is 1. The normalized spacial score (nSPS) is 13.0. The topological polar surface area (TPSA) is 20.2 Å². The van der Waals surface area contributed by atoms with E-state index in [0.717, 1.165) is 5.56 Å². The number of aryl methyl sites for hydroxylation is 1. The standard InChI is InChI=1S/C9H11ClO/c1-7-2-4-8(5-3-7)9(10)6-11/h2-5,9,11H,6H2,1H3. The average molecular weight is 171 g/mol. The van der Waals surface area contributed by atoms with Crippen LogP contribution in [0.25, 0.3) is 0 Å². The van der Waals surface area contributed by atoms with Crippen molar-refractivity contribution in [2.24, 2.45) is 0 Å². The number of hydrogen-bond donors (Lipinski definition) is 1. The summed E-state index contributed by atoms with van der Waals surface area (Å²) in [6, 6.07) is 7.84. The van der Waals surface area contributed by atoms with E-state index in [9.17, 15) is 0 Å². The highest BCUT2D eigenvalue weighted by Crippen LogP contribution is 2.19. The second kappa shape index (κ2) is 3.74. The maximum Gasteiger partial charge on any atom is 0.0816 e. The van der Waals surface area contributed by atoms with Crippen LogP contribution >= 0.6 is 11.6 Å². The molecule has 1 atom stereocenters. The van der Waals surface area contributed by atoms with Crippen LogP contribution in [-0.2, 0) is 0 Å². The fourth-order valence-corrected chi connectivity index (χ4v) is 1.03. The van der Waals surface area contributed by atoms with Gasteiger partial charge in [-0.05, 0) is 12.5 Å². The molecule has 0 aliphatic heterocycles. The SMILES string of the molecule is Cc1ccc(C(Cl)CO)cc1. The quantitative estimate of drug-likeness (QED) is 0.676. The Morgan fingerprint density at radius 1 is 1.36 bits per heavy atom. The van der Waals surface area contributed by atoms with Crippen molar-refractivity contribution in [2.75, 3.05) is 6.61 Å². The molecule has 1 nitrogen and oxygen atoms in total. The Hall–Kier alpha value is -0.530. The van der Waals surface area contributed by atoms with Gasteiger partial charge in [0.15, 0.2) is 0 Å². The summed E-state index contributed by atoms with van der Waals surface area (Å²) >= 11 is 5.79. The molecule has 60 valence electrons. The predicted molar refractivity (Wildman–Crippen MR) is 46.9 cm³/mol. The lowest BCUT2D eigenvalue weighted by molar-refractivity contribution is 0.294. The number of alkyl halides is 1. The van der Waals surface area contributed by atoms with Gasteiger partial charge in [0.1, 0.15) is 0 Å². The van der Waals surface area contributed by atoms with Crippen molar-refractivity contribution in [3.8, 4) is 0 Å². The molecule has 0 amide bonds. The highest BCUT2D eigenvalue weighted by molar-refractivity contribution is 6.20. The van der Waals surface area contributed by atoms with Gasteiger partial charge in [-0.3, -0.25) is 0 Å². The lowest BCUT2D eigenvalue weighted by Gasteiger charge is -2.05. The van der Waals surface area contributed by atoms with Crippen molar-refractivity contribution in [2.45, 2.75) is 12.3 Å². The van der Waals surface area contributed by atoms with Gasteiger partial charge in [-0.25, -0.2) is 0 Å². The molecule has 0 fully saturated rings. The second-order valence-electron chi connectivity index (χ2n) is 2.56. The maximum atomic E-state index is 8.73. The molecule has 0 aromatic heterocycles. The van der Waals surface area contributed by atoms with Crippen LogP contribution in [-0.4, -0.2) is 11.7 Å². The van der Waals surface area contributed by atoms with Gasteiger partial charge in [-0.2, -0.15) is 0 Å². The van der Waals surface area contributed by atoms with Crippen LogP contribution < -0.4 is 0 Å². The summed E-state index contributed by atoms with van der Waals surface area (Å²) in [5.74, 6) is 0. The molecule has 0 spiro atoms. The van der Waals surface area contributed by atoms with Crippen molar-refractivity contribution < 1.29 is 5.11 Å². The van der Waals surface area contributed by atoms with Gasteiger partial charge < -0.3 is 5.11 Å². The third-order valence-corrected chi connectivity index (χ3v) is 1.99. The molecular formula is C9H11ClO. The van der Waals surface area contributed by atoms with Crippen LogP contribution in [0, 0.1) is 6.92 Å². The smallest absolute Gasteiger partial charge is 0.0816 e. The molecule has 0 aliphatic rings. The van der Waals surface area contributed by atoms with Gasteiger partial charge in [0.2, 0.25) is 0 Å². The first-order chi connectivity index (χ1) is 5.24. The van der Waals surface area contributed by atoms with Gasteiger partial charge in [0.05, 0.1) is 12.0 Å². The van der Waals surface area contributed by atoms with Crippen LogP contribution in [0.1, 0.15) is 16.5 Å². The molecule has 0 radical (unpaired) electrons. The van der Waals surface area contributed by atoms with Crippen molar-refractivity contribution in [1.82, 2.24) is 0 Å². The molecular weight excluding hydrogens is 160 g/mol. The van der Waals surface area contributed by atoms with Crippen molar-refractivity contribution >= 4 is 11.6 Å². The Labute approximate surface area is 71.6 Å². The van der Waals surface area contributed by atoms with Gasteiger partial charge >= 0.3 is 0 Å². The zero-order valence-corrected chi connectivity index (χ0v) is 7.17. The Morgan fingerprint density at radius 3 is 2.36 bits per heavy atom. The van der Waals surface area contributed by atoms with Gasteiger partial charge in [-0.1, -0.05) is 29.8 Å². The zero-order valence-electron chi connectivity index (χ0n) is 6.42. The third-order valence-electron chi connectivity index (χ3n) is 1.60. The minimum absolute atomic E-state index is 0.00931. The van der Waals surface area contributed by atoms with E-state index in [1.54, 1.807) is 0 Å². The second-order valence-corrected chi connectivity index (χ2v) is 3.09. The number of benzene rings is 1. The molecule has 1 aromatic rings. The molecule has 2 heteroatoms. The van der Waals surface area contributed by atoms with E-state index in [1.165, 1.54) is 5.56 Å². The molecule has 0 saturated heterocycles. The van der Waals surface area contributed by atoms with E-state index < -0.39 is 0 Å². The summed E-state index contributed by atoms with van der Waals surface area (Å²) in [7, 11) is 0. The maximum absolute atomic E-state index is 8.73. The summed E-state index contributed by atoms with van der Waals surface area (Å²) in [6.45, 7) is 2.01. The molecule has 1 aromatic carbocycles. The van der Waals surface area contributed by atoms with Gasteiger partial charge in [0, 0.05) is 0 Å². The Balaban J connectivity index is 2.81. The number of rotatable bonds is 2. The van der Waals surface area contributed by atoms with Crippen molar-refractivity contribution in [3.63, 3.8) is 0 Å². The zero-order chi connectivity index (χ0) is 8.27. The first kappa shape index (κ1) is 8.57. The Bertz CT molecular complexity index is 218. The highest BCUT2D eigenvalue weighted by atomic mass is 35.5. The van der Waals surface area contributed by atoms with Crippen LogP contribution in [0.3, 0.4) is 0 Å². The summed E-state index contributed by atoms with van der Waals surface area (Å²) in [5.41, 5.74) is 2.18. The number of hydrogen-bond acceptors (Lipinski definition) is 1. The van der Waals surface area contributed by atoms with E-state index in [1.807, 2.05) is 31.2 Å². The van der Waals surface area contributed by atoms with Crippen LogP contribution in [0.4, 0.5) is 0 Å². The average Bonchev–Trinajstić information content (AvgIpc) is 2.05. The van der Waals surface area contributed by atoms with Crippen LogP contribution in [0.2, 0.25) is 0 Å². The number of aliphatic hydroxyl groups is 1. The third kappa shape index (κ3) is 2.21. The van der Waals surface area contributed by atoms with E-state index in [0.29, 0.717) is 0 Å². The summed E-state index contributed by atoms with van der Waals surface area (Å²) in [4.78, 5) is 0. The summed E-state index contributed by atoms with van der Waals surface area (Å²) < 4.78 is 0. The fourth-order valence-electron chi connectivity index (χ4n) is 0.881. The minimum atomic E-state index is -0.268. The fraction of sp³-hybridized carbons (Fsp3) is 0.333. The molecule has 0 saturated carbocycles. The van der Waals surface area contributed by atoms with E-state index in [-0.39, 0.29) is 12.0 Å². The first-order valence-electron chi connectivity index (χ1n) is 3.55. The number of halogens is 1. The summed E-state index contributed by atoms with van der Waals surface area (Å²) in [5, 5.41) is 8.46. The monoisotopic (exact) mass is 170 g/mol. The first-order valence-corrected chi connectivity index (χ1v) is 3.99. The predicted octanol–water partition coefficient (Wildman–Crippen LogP) is 2.27. The molecule has 0 heterocycles. The molecule has 0 aliphatic carbocycles. The highest BCUT2D eigenvalue weighted by Gasteiger charge is 2.03. The van der Waals surface area contributed by atoms with Crippen LogP contribution in [0.5, 0.6) is 0 Å². The Kier molecular flexibility index (Phi) is 2.92. The van der Waals surface area contributed by atoms with Crippen molar-refractivity contribution in [3.05, 3.63) is 35.4 Å². The molecule has 1 rings (SSSR count). The lowest BCUT2D eigenvalue weighted by atomic mass is 10.1.